The van der Waals surface area contributed by atoms with Crippen LogP contribution in [0.2, 0.25) is 0 Å². The number of nitrogens with zero attached hydrogens (tertiary/aromatic N) is 2. The Hall–Kier alpha value is -0.770. The summed E-state index contributed by atoms with van der Waals surface area (Å²) in [5.41, 5.74) is 0.804. The van der Waals surface area contributed by atoms with Crippen LogP contribution in [0.4, 0.5) is 0 Å². The third-order valence-corrected chi connectivity index (χ3v) is 2.86. The molecule has 14 heavy (non-hydrogen) atoms. The van der Waals surface area contributed by atoms with Crippen LogP contribution in [0, 0.1) is 12.3 Å². The molecule has 4 heteroatoms. The maximum absolute atomic E-state index is 11.4. The smallest absolute Gasteiger partial charge is 0.266 e. The molecule has 0 amide bonds. The van der Waals surface area contributed by atoms with Gasteiger partial charge in [0, 0.05) is 6.07 Å². The SMILES string of the molecule is Cc1ccc(=O)n(CC(C)(C)CS)n1. The lowest BCUT2D eigenvalue weighted by atomic mass is 9.97. The monoisotopic (exact) mass is 212 g/mol. The van der Waals surface area contributed by atoms with Crippen molar-refractivity contribution in [2.75, 3.05) is 5.75 Å². The van der Waals surface area contributed by atoms with Crippen molar-refractivity contribution >= 4 is 12.6 Å². The Balaban J connectivity index is 2.97. The van der Waals surface area contributed by atoms with Crippen molar-refractivity contribution < 1.29 is 0 Å². The van der Waals surface area contributed by atoms with E-state index < -0.39 is 0 Å². The third kappa shape index (κ3) is 2.87. The molecule has 1 aromatic heterocycles. The first-order chi connectivity index (χ1) is 6.44. The van der Waals surface area contributed by atoms with Crippen molar-refractivity contribution in [2.45, 2.75) is 27.3 Å². The molecule has 0 aromatic carbocycles. The Kier molecular flexibility index (Phi) is 3.37. The minimum absolute atomic E-state index is 0.00622. The van der Waals surface area contributed by atoms with E-state index in [0.717, 1.165) is 11.4 Å². The van der Waals surface area contributed by atoms with Crippen LogP contribution >= 0.6 is 12.6 Å². The standard InChI is InChI=1S/C10H16N2OS/c1-8-4-5-9(13)12(11-8)6-10(2,3)7-14/h4-5,14H,6-7H2,1-3H3. The van der Waals surface area contributed by atoms with Crippen molar-refractivity contribution in [3.63, 3.8) is 0 Å². The van der Waals surface area contributed by atoms with Gasteiger partial charge in [0.1, 0.15) is 0 Å². The molecule has 0 aliphatic rings. The van der Waals surface area contributed by atoms with Crippen molar-refractivity contribution in [2.24, 2.45) is 5.41 Å². The molecule has 0 N–H and O–H groups in total. The van der Waals surface area contributed by atoms with E-state index in [4.69, 9.17) is 0 Å². The molecule has 3 nitrogen and oxygen atoms in total. The van der Waals surface area contributed by atoms with Crippen LogP contribution in [0.3, 0.4) is 0 Å². The molecule has 1 heterocycles. The van der Waals surface area contributed by atoms with Crippen LogP contribution in [0.1, 0.15) is 19.5 Å². The highest BCUT2D eigenvalue weighted by atomic mass is 32.1. The number of rotatable bonds is 3. The van der Waals surface area contributed by atoms with Gasteiger partial charge >= 0.3 is 0 Å². The maximum atomic E-state index is 11.4. The average molecular weight is 212 g/mol. The molecule has 1 aromatic rings. The molecular formula is C10H16N2OS. The van der Waals surface area contributed by atoms with Crippen LogP contribution in [-0.2, 0) is 6.54 Å². The third-order valence-electron chi connectivity index (χ3n) is 2.01. The Morgan fingerprint density at radius 3 is 2.71 bits per heavy atom. The zero-order valence-electron chi connectivity index (χ0n) is 8.82. The van der Waals surface area contributed by atoms with E-state index in [2.05, 4.69) is 31.6 Å². The molecule has 0 unspecified atom stereocenters. The van der Waals surface area contributed by atoms with Gasteiger partial charge in [-0.1, -0.05) is 13.8 Å². The Morgan fingerprint density at radius 2 is 2.14 bits per heavy atom. The first-order valence-corrected chi connectivity index (χ1v) is 5.23. The minimum Gasteiger partial charge on any atom is -0.268 e. The highest BCUT2D eigenvalue weighted by molar-refractivity contribution is 7.80. The first-order valence-electron chi connectivity index (χ1n) is 4.60. The van der Waals surface area contributed by atoms with Crippen LogP contribution in [0.5, 0.6) is 0 Å². The number of aromatic nitrogens is 2. The lowest BCUT2D eigenvalue weighted by Crippen LogP contribution is -2.31. The fraction of sp³-hybridized carbons (Fsp3) is 0.600. The zero-order chi connectivity index (χ0) is 10.8. The largest absolute Gasteiger partial charge is 0.268 e. The summed E-state index contributed by atoms with van der Waals surface area (Å²) in [6, 6.07) is 3.28. The predicted molar refractivity (Wildman–Crippen MR) is 60.9 cm³/mol. The summed E-state index contributed by atoms with van der Waals surface area (Å²) in [4.78, 5) is 11.4. The average Bonchev–Trinajstić information content (AvgIpc) is 2.11. The van der Waals surface area contributed by atoms with E-state index in [9.17, 15) is 4.79 Å². The van der Waals surface area contributed by atoms with Crippen LogP contribution < -0.4 is 5.56 Å². The molecule has 0 aliphatic heterocycles. The number of aryl methyl sites for hydroxylation is 1. The van der Waals surface area contributed by atoms with Crippen molar-refractivity contribution in [3.05, 3.63) is 28.2 Å². The normalized spacial score (nSPS) is 11.7. The van der Waals surface area contributed by atoms with Gasteiger partial charge in [-0.15, -0.1) is 0 Å². The van der Waals surface area contributed by atoms with Gasteiger partial charge in [0.25, 0.3) is 5.56 Å². The lowest BCUT2D eigenvalue weighted by molar-refractivity contribution is 0.323. The maximum Gasteiger partial charge on any atom is 0.266 e. The Bertz CT molecular complexity index is 371. The summed E-state index contributed by atoms with van der Waals surface area (Å²) < 4.78 is 1.51. The van der Waals surface area contributed by atoms with E-state index >= 15 is 0 Å². The van der Waals surface area contributed by atoms with Crippen molar-refractivity contribution in [1.82, 2.24) is 9.78 Å². The Labute approximate surface area is 89.6 Å². The molecule has 0 atom stereocenters. The van der Waals surface area contributed by atoms with Gasteiger partial charge in [0.2, 0.25) is 0 Å². The molecule has 0 spiro atoms. The van der Waals surface area contributed by atoms with E-state index in [1.807, 2.05) is 6.92 Å². The summed E-state index contributed by atoms with van der Waals surface area (Å²) in [7, 11) is 0. The summed E-state index contributed by atoms with van der Waals surface area (Å²) in [5, 5.41) is 4.18. The molecule has 0 fully saturated rings. The molecule has 78 valence electrons. The summed E-state index contributed by atoms with van der Waals surface area (Å²) in [6.07, 6.45) is 0. The number of hydrogen-bond acceptors (Lipinski definition) is 3. The molecule has 0 aliphatic carbocycles. The van der Waals surface area contributed by atoms with Gasteiger partial charge in [-0.3, -0.25) is 4.79 Å². The van der Waals surface area contributed by atoms with E-state index in [1.54, 1.807) is 12.1 Å². The first kappa shape index (κ1) is 11.3. The molecular weight excluding hydrogens is 196 g/mol. The Morgan fingerprint density at radius 1 is 1.50 bits per heavy atom. The highest BCUT2D eigenvalue weighted by Crippen LogP contribution is 2.17. The summed E-state index contributed by atoms with van der Waals surface area (Å²) in [6.45, 7) is 6.62. The predicted octanol–water partition coefficient (Wildman–Crippen LogP) is 1.51. The van der Waals surface area contributed by atoms with Crippen molar-refractivity contribution in [1.29, 1.82) is 0 Å². The second-order valence-electron chi connectivity index (χ2n) is 4.29. The lowest BCUT2D eigenvalue weighted by Gasteiger charge is -2.22. The van der Waals surface area contributed by atoms with Crippen LogP contribution in [-0.4, -0.2) is 15.5 Å². The number of thiol groups is 1. The summed E-state index contributed by atoms with van der Waals surface area (Å²) in [5.74, 6) is 0.731. The van der Waals surface area contributed by atoms with Gasteiger partial charge < -0.3 is 0 Å². The van der Waals surface area contributed by atoms with Gasteiger partial charge in [-0.05, 0) is 24.2 Å². The van der Waals surface area contributed by atoms with Gasteiger partial charge in [0.15, 0.2) is 0 Å². The van der Waals surface area contributed by atoms with E-state index in [1.165, 1.54) is 4.68 Å². The molecule has 0 saturated heterocycles. The molecule has 1 rings (SSSR count). The van der Waals surface area contributed by atoms with E-state index in [-0.39, 0.29) is 11.0 Å². The topological polar surface area (TPSA) is 34.9 Å². The second-order valence-corrected chi connectivity index (χ2v) is 4.61. The van der Waals surface area contributed by atoms with E-state index in [0.29, 0.717) is 6.54 Å². The summed E-state index contributed by atoms with van der Waals surface area (Å²) >= 11 is 4.25. The van der Waals surface area contributed by atoms with Gasteiger partial charge in [0.05, 0.1) is 12.2 Å². The molecule has 0 bridgehead atoms. The minimum atomic E-state index is -0.0505. The molecule has 0 saturated carbocycles. The fourth-order valence-electron chi connectivity index (χ4n) is 1.12. The van der Waals surface area contributed by atoms with Crippen LogP contribution in [0.15, 0.2) is 16.9 Å². The van der Waals surface area contributed by atoms with Gasteiger partial charge in [-0.25, -0.2) is 4.68 Å². The molecule has 0 radical (unpaired) electrons. The second kappa shape index (κ2) is 4.17. The highest BCUT2D eigenvalue weighted by Gasteiger charge is 2.17. The van der Waals surface area contributed by atoms with Crippen LogP contribution in [0.25, 0.3) is 0 Å². The zero-order valence-corrected chi connectivity index (χ0v) is 9.71. The number of hydrogen-bond donors (Lipinski definition) is 1. The van der Waals surface area contributed by atoms with Crippen molar-refractivity contribution in [3.8, 4) is 0 Å². The van der Waals surface area contributed by atoms with Gasteiger partial charge in [-0.2, -0.15) is 17.7 Å². The quantitative estimate of drug-likeness (QED) is 0.771. The fourth-order valence-corrected chi connectivity index (χ4v) is 1.22.